The van der Waals surface area contributed by atoms with Crippen LogP contribution in [0.1, 0.15) is 46.5 Å². The summed E-state index contributed by atoms with van der Waals surface area (Å²) in [5.74, 6) is 1.59. The summed E-state index contributed by atoms with van der Waals surface area (Å²) in [7, 11) is 0. The van der Waals surface area contributed by atoms with Crippen molar-refractivity contribution in [1.29, 1.82) is 0 Å². The molecule has 0 aromatic carbocycles. The molecule has 1 saturated carbocycles. The average molecular weight is 241 g/mol. The summed E-state index contributed by atoms with van der Waals surface area (Å²) in [6.07, 6.45) is 5.69. The molecule has 2 rings (SSSR count). The average Bonchev–Trinajstić information content (AvgIpc) is 2.37. The number of carbonyl (C=O) groups excluding carboxylic acids is 1. The van der Waals surface area contributed by atoms with Crippen LogP contribution in [0.5, 0.6) is 0 Å². The summed E-state index contributed by atoms with van der Waals surface area (Å²) in [5, 5.41) is 0.0191. The Kier molecular flexibility index (Phi) is 3.18. The van der Waals surface area contributed by atoms with Crippen molar-refractivity contribution in [3.05, 3.63) is 11.6 Å². The number of carbonyl (C=O) groups is 1. The minimum Gasteiger partial charge on any atom is -0.295 e. The maximum absolute atomic E-state index is 11.7. The van der Waals surface area contributed by atoms with Crippen LogP contribution in [0, 0.1) is 17.3 Å². The summed E-state index contributed by atoms with van der Waals surface area (Å²) in [6, 6.07) is 0. The first-order valence-electron chi connectivity index (χ1n) is 6.31. The Balaban J connectivity index is 2.36. The molecule has 0 N–H and O–H groups in total. The van der Waals surface area contributed by atoms with Crippen molar-refractivity contribution in [2.75, 3.05) is 0 Å². The summed E-state index contributed by atoms with van der Waals surface area (Å²) < 4.78 is 0. The highest BCUT2D eigenvalue weighted by Gasteiger charge is 2.46. The molecule has 2 aliphatic carbocycles. The number of ketones is 1. The van der Waals surface area contributed by atoms with Gasteiger partial charge < -0.3 is 0 Å². The van der Waals surface area contributed by atoms with E-state index in [1.165, 1.54) is 12.0 Å². The normalized spacial score (nSPS) is 39.6. The molecular formula is C14H21ClO. The minimum absolute atomic E-state index is 0.0191. The van der Waals surface area contributed by atoms with Crippen molar-refractivity contribution in [3.8, 4) is 0 Å². The fourth-order valence-corrected chi connectivity index (χ4v) is 4.22. The third kappa shape index (κ3) is 1.95. The molecule has 2 heteroatoms. The number of rotatable bonds is 1. The first-order chi connectivity index (χ1) is 7.43. The molecule has 0 amide bonds. The van der Waals surface area contributed by atoms with Gasteiger partial charge in [-0.15, -0.1) is 11.6 Å². The zero-order chi connectivity index (χ0) is 11.9. The van der Waals surface area contributed by atoms with Gasteiger partial charge in [-0.25, -0.2) is 0 Å². The SMILES string of the molecule is CC(C)[C@H]1CCC2=CC(=O)CC(Cl)C[C@@]21C. The number of allylic oxidation sites excluding steroid dienone is 2. The quantitative estimate of drug-likeness (QED) is 0.635. The Hall–Kier alpha value is -0.300. The largest absolute Gasteiger partial charge is 0.295 e. The molecular weight excluding hydrogens is 220 g/mol. The van der Waals surface area contributed by atoms with Gasteiger partial charge in [0.05, 0.1) is 0 Å². The molecule has 0 radical (unpaired) electrons. The first-order valence-corrected chi connectivity index (χ1v) is 6.75. The van der Waals surface area contributed by atoms with Gasteiger partial charge in [0.1, 0.15) is 0 Å². The van der Waals surface area contributed by atoms with Crippen LogP contribution in [-0.2, 0) is 4.79 Å². The molecule has 1 nitrogen and oxygen atoms in total. The lowest BCUT2D eigenvalue weighted by Gasteiger charge is -2.36. The van der Waals surface area contributed by atoms with Crippen molar-refractivity contribution in [3.63, 3.8) is 0 Å². The van der Waals surface area contributed by atoms with Crippen molar-refractivity contribution >= 4 is 17.4 Å². The van der Waals surface area contributed by atoms with Crippen LogP contribution < -0.4 is 0 Å². The molecule has 1 fully saturated rings. The van der Waals surface area contributed by atoms with E-state index in [4.69, 9.17) is 11.6 Å². The first kappa shape index (κ1) is 12.2. The van der Waals surface area contributed by atoms with Gasteiger partial charge in [-0.05, 0) is 42.6 Å². The molecule has 2 aliphatic rings. The number of hydrogen-bond acceptors (Lipinski definition) is 1. The van der Waals surface area contributed by atoms with Crippen LogP contribution in [-0.4, -0.2) is 11.2 Å². The zero-order valence-corrected chi connectivity index (χ0v) is 11.2. The smallest absolute Gasteiger partial charge is 0.157 e. The lowest BCUT2D eigenvalue weighted by Crippen LogP contribution is -2.29. The molecule has 0 heterocycles. The maximum atomic E-state index is 11.7. The van der Waals surface area contributed by atoms with E-state index in [2.05, 4.69) is 20.8 Å². The topological polar surface area (TPSA) is 17.1 Å². The molecule has 0 bridgehead atoms. The highest BCUT2D eigenvalue weighted by molar-refractivity contribution is 6.22. The van der Waals surface area contributed by atoms with Crippen molar-refractivity contribution in [2.45, 2.75) is 51.8 Å². The molecule has 16 heavy (non-hydrogen) atoms. The van der Waals surface area contributed by atoms with E-state index in [1.807, 2.05) is 6.08 Å². The molecule has 0 spiro atoms. The van der Waals surface area contributed by atoms with Crippen LogP contribution in [0.25, 0.3) is 0 Å². The van der Waals surface area contributed by atoms with Gasteiger partial charge in [0.2, 0.25) is 0 Å². The minimum atomic E-state index is 0.0191. The van der Waals surface area contributed by atoms with Crippen molar-refractivity contribution in [1.82, 2.24) is 0 Å². The molecule has 0 aromatic heterocycles. The molecule has 90 valence electrons. The second-order valence-corrected chi connectivity index (χ2v) is 6.57. The van der Waals surface area contributed by atoms with Crippen LogP contribution in [0.3, 0.4) is 0 Å². The predicted octanol–water partition coefficient (Wildman–Crippen LogP) is 3.96. The van der Waals surface area contributed by atoms with Crippen LogP contribution in [0.2, 0.25) is 0 Å². The van der Waals surface area contributed by atoms with Crippen molar-refractivity contribution < 1.29 is 4.79 Å². The lowest BCUT2D eigenvalue weighted by atomic mass is 9.70. The summed E-state index contributed by atoms with van der Waals surface area (Å²) in [6.45, 7) is 6.88. The number of alkyl halides is 1. The zero-order valence-electron chi connectivity index (χ0n) is 10.4. The van der Waals surface area contributed by atoms with E-state index < -0.39 is 0 Å². The van der Waals surface area contributed by atoms with E-state index in [0.717, 1.165) is 12.8 Å². The molecule has 0 saturated heterocycles. The van der Waals surface area contributed by atoms with Gasteiger partial charge in [-0.1, -0.05) is 26.3 Å². The van der Waals surface area contributed by atoms with Gasteiger partial charge in [0.15, 0.2) is 5.78 Å². The summed E-state index contributed by atoms with van der Waals surface area (Å²) in [5.41, 5.74) is 1.53. The number of hydrogen-bond donors (Lipinski definition) is 0. The second kappa shape index (κ2) is 4.18. The fourth-order valence-electron chi connectivity index (χ4n) is 3.75. The van der Waals surface area contributed by atoms with E-state index >= 15 is 0 Å². The molecule has 3 atom stereocenters. The van der Waals surface area contributed by atoms with Gasteiger partial charge in [-0.2, -0.15) is 0 Å². The fraction of sp³-hybridized carbons (Fsp3) is 0.786. The Morgan fingerprint density at radius 2 is 2.19 bits per heavy atom. The molecule has 1 unspecified atom stereocenters. The van der Waals surface area contributed by atoms with Crippen LogP contribution in [0.4, 0.5) is 0 Å². The molecule has 0 aliphatic heterocycles. The Morgan fingerprint density at radius 3 is 2.81 bits per heavy atom. The highest BCUT2D eigenvalue weighted by atomic mass is 35.5. The predicted molar refractivity (Wildman–Crippen MR) is 67.6 cm³/mol. The van der Waals surface area contributed by atoms with E-state index in [9.17, 15) is 4.79 Å². The molecule has 0 aromatic rings. The maximum Gasteiger partial charge on any atom is 0.157 e. The Morgan fingerprint density at radius 1 is 1.50 bits per heavy atom. The standard InChI is InChI=1S/C14H21ClO/c1-9(2)13-5-4-10-6-12(16)7-11(15)8-14(10,13)3/h6,9,11,13H,4-5,7-8H2,1-3H3/t11?,13-,14+/m1/s1. The van der Waals surface area contributed by atoms with Crippen LogP contribution >= 0.6 is 11.6 Å². The monoisotopic (exact) mass is 240 g/mol. The summed E-state index contributed by atoms with van der Waals surface area (Å²) >= 11 is 6.29. The Bertz CT molecular complexity index is 332. The van der Waals surface area contributed by atoms with Crippen LogP contribution in [0.15, 0.2) is 11.6 Å². The van der Waals surface area contributed by atoms with E-state index in [1.54, 1.807) is 0 Å². The highest BCUT2D eigenvalue weighted by Crippen LogP contribution is 2.54. The van der Waals surface area contributed by atoms with Crippen molar-refractivity contribution in [2.24, 2.45) is 17.3 Å². The third-order valence-corrected chi connectivity index (χ3v) is 4.79. The second-order valence-electron chi connectivity index (χ2n) is 5.95. The van der Waals surface area contributed by atoms with E-state index in [0.29, 0.717) is 18.3 Å². The number of fused-ring (bicyclic) bond motifs is 1. The van der Waals surface area contributed by atoms with Gasteiger partial charge in [0, 0.05) is 11.8 Å². The van der Waals surface area contributed by atoms with Gasteiger partial charge in [-0.3, -0.25) is 4.79 Å². The number of halogens is 1. The summed E-state index contributed by atoms with van der Waals surface area (Å²) in [4.78, 5) is 11.7. The third-order valence-electron chi connectivity index (χ3n) is 4.48. The van der Waals surface area contributed by atoms with E-state index in [-0.39, 0.29) is 16.6 Å². The Labute approximate surface area is 103 Å². The van der Waals surface area contributed by atoms with Gasteiger partial charge >= 0.3 is 0 Å². The lowest BCUT2D eigenvalue weighted by molar-refractivity contribution is -0.114. The van der Waals surface area contributed by atoms with Gasteiger partial charge in [0.25, 0.3) is 0 Å².